The monoisotopic (exact) mass is 264 g/mol. The van der Waals surface area contributed by atoms with Crippen molar-refractivity contribution in [3.8, 4) is 5.75 Å². The van der Waals surface area contributed by atoms with E-state index in [1.807, 2.05) is 0 Å². The Bertz CT molecular complexity index is 319. The first-order chi connectivity index (χ1) is 6.65. The Labute approximate surface area is 88.0 Å². The van der Waals surface area contributed by atoms with Crippen LogP contribution in [0.2, 0.25) is 0 Å². The molecule has 0 radical (unpaired) electrons. The summed E-state index contributed by atoms with van der Waals surface area (Å²) in [7, 11) is 0. The van der Waals surface area contributed by atoms with Crippen molar-refractivity contribution in [3.05, 3.63) is 28.2 Å². The normalized spacial score (nSPS) is 9.93. The van der Waals surface area contributed by atoms with Crippen LogP contribution in [0.25, 0.3) is 0 Å². The molecule has 0 amide bonds. The molecule has 0 spiro atoms. The second kappa shape index (κ2) is 5.05. The maximum absolute atomic E-state index is 13.1. The molecule has 0 aliphatic heterocycles. The zero-order valence-corrected chi connectivity index (χ0v) is 8.68. The van der Waals surface area contributed by atoms with Crippen molar-refractivity contribution in [2.45, 2.75) is 6.42 Å². The molecule has 0 saturated heterocycles. The fraction of sp³-hybridized carbons (Fsp3) is 0.222. The van der Waals surface area contributed by atoms with E-state index >= 15 is 0 Å². The van der Waals surface area contributed by atoms with Crippen LogP contribution in [0.5, 0.6) is 5.75 Å². The summed E-state index contributed by atoms with van der Waals surface area (Å²) < 4.78 is 30.8. The number of hydrogen-bond acceptors (Lipinski definition) is 2. The van der Waals surface area contributed by atoms with E-state index in [0.717, 1.165) is 12.1 Å². The number of hydrogen-bond donors (Lipinski definition) is 0. The van der Waals surface area contributed by atoms with Crippen molar-refractivity contribution < 1.29 is 18.3 Å². The lowest BCUT2D eigenvalue weighted by Crippen LogP contribution is -2.00. The van der Waals surface area contributed by atoms with Gasteiger partial charge in [0.1, 0.15) is 12.1 Å². The minimum atomic E-state index is -0.789. The molecule has 5 heteroatoms. The molecule has 2 nitrogen and oxygen atoms in total. The van der Waals surface area contributed by atoms with Crippen LogP contribution in [0, 0.1) is 11.6 Å². The van der Waals surface area contributed by atoms with Crippen LogP contribution >= 0.6 is 15.9 Å². The van der Waals surface area contributed by atoms with E-state index in [1.165, 1.54) is 0 Å². The molecule has 0 saturated carbocycles. The van der Waals surface area contributed by atoms with Crippen LogP contribution in [0.15, 0.2) is 16.6 Å². The van der Waals surface area contributed by atoms with Gasteiger partial charge >= 0.3 is 0 Å². The Kier molecular flexibility index (Phi) is 4.00. The molecule has 0 heterocycles. The second-order valence-corrected chi connectivity index (χ2v) is 3.36. The highest BCUT2D eigenvalue weighted by Gasteiger charge is 2.10. The maximum Gasteiger partial charge on any atom is 0.169 e. The highest BCUT2D eigenvalue weighted by atomic mass is 79.9. The van der Waals surface area contributed by atoms with Crippen LogP contribution in [0.1, 0.15) is 6.42 Å². The number of ether oxygens (including phenoxy) is 1. The van der Waals surface area contributed by atoms with Crippen molar-refractivity contribution in [1.29, 1.82) is 0 Å². The molecule has 0 atom stereocenters. The maximum atomic E-state index is 13.1. The highest BCUT2D eigenvalue weighted by Crippen LogP contribution is 2.29. The Hall–Kier alpha value is -0.970. The molecule has 1 aromatic rings. The van der Waals surface area contributed by atoms with Gasteiger partial charge in [-0.05, 0) is 22.0 Å². The van der Waals surface area contributed by atoms with Crippen LogP contribution in [-0.2, 0) is 4.79 Å². The molecule has 1 aromatic carbocycles. The van der Waals surface area contributed by atoms with E-state index in [-0.39, 0.29) is 23.2 Å². The summed E-state index contributed by atoms with van der Waals surface area (Å²) in [5, 5.41) is 0. The Balaban J connectivity index is 2.80. The minimum absolute atomic E-state index is 0.0741. The summed E-state index contributed by atoms with van der Waals surface area (Å²) in [6.45, 7) is 0.0741. The molecule has 1 rings (SSSR count). The molecule has 0 aromatic heterocycles. The predicted octanol–water partition coefficient (Wildman–Crippen LogP) is 2.70. The fourth-order valence-electron chi connectivity index (χ4n) is 0.876. The molecule has 0 aliphatic rings. The highest BCUT2D eigenvalue weighted by molar-refractivity contribution is 9.10. The number of rotatable bonds is 4. The van der Waals surface area contributed by atoms with Crippen LogP contribution in [0.3, 0.4) is 0 Å². The standard InChI is InChI=1S/C9H7BrF2O2/c10-7-4-6(11)5-8(12)9(7)14-3-1-2-13/h2,4-5H,1,3H2. The second-order valence-electron chi connectivity index (χ2n) is 2.50. The van der Waals surface area contributed by atoms with Gasteiger partial charge in [0.25, 0.3) is 0 Å². The number of benzene rings is 1. The van der Waals surface area contributed by atoms with E-state index in [0.29, 0.717) is 6.29 Å². The van der Waals surface area contributed by atoms with Gasteiger partial charge < -0.3 is 9.53 Å². The summed E-state index contributed by atoms with van der Waals surface area (Å²) >= 11 is 2.96. The smallest absolute Gasteiger partial charge is 0.169 e. The van der Waals surface area contributed by atoms with Crippen molar-refractivity contribution in [1.82, 2.24) is 0 Å². The van der Waals surface area contributed by atoms with Gasteiger partial charge in [-0.15, -0.1) is 0 Å². The summed E-state index contributed by atoms with van der Waals surface area (Å²) in [6.07, 6.45) is 0.832. The first-order valence-electron chi connectivity index (χ1n) is 3.86. The van der Waals surface area contributed by atoms with E-state index < -0.39 is 11.6 Å². The van der Waals surface area contributed by atoms with Crippen molar-refractivity contribution in [2.75, 3.05) is 6.61 Å². The first-order valence-corrected chi connectivity index (χ1v) is 4.65. The van der Waals surface area contributed by atoms with Gasteiger partial charge in [0.2, 0.25) is 0 Å². The molecule has 0 fully saturated rings. The predicted molar refractivity (Wildman–Crippen MR) is 50.2 cm³/mol. The summed E-state index contributed by atoms with van der Waals surface area (Å²) in [5.41, 5.74) is 0. The van der Waals surface area contributed by atoms with Crippen LogP contribution in [0.4, 0.5) is 8.78 Å². The SMILES string of the molecule is O=CCCOc1c(F)cc(F)cc1Br. The Morgan fingerprint density at radius 2 is 2.14 bits per heavy atom. The molecular weight excluding hydrogens is 258 g/mol. The number of halogens is 3. The van der Waals surface area contributed by atoms with Gasteiger partial charge in [-0.3, -0.25) is 0 Å². The molecule has 0 bridgehead atoms. The van der Waals surface area contributed by atoms with Gasteiger partial charge in [-0.25, -0.2) is 8.78 Å². The average molecular weight is 265 g/mol. The lowest BCUT2D eigenvalue weighted by Gasteiger charge is -2.07. The van der Waals surface area contributed by atoms with Gasteiger partial charge in [0.05, 0.1) is 11.1 Å². The lowest BCUT2D eigenvalue weighted by molar-refractivity contribution is -0.108. The average Bonchev–Trinajstić information content (AvgIpc) is 2.09. The van der Waals surface area contributed by atoms with Crippen LogP contribution in [-0.4, -0.2) is 12.9 Å². The van der Waals surface area contributed by atoms with Crippen molar-refractivity contribution in [3.63, 3.8) is 0 Å². The molecule has 14 heavy (non-hydrogen) atoms. The largest absolute Gasteiger partial charge is 0.489 e. The number of aldehydes is 1. The zero-order valence-electron chi connectivity index (χ0n) is 7.10. The minimum Gasteiger partial charge on any atom is -0.489 e. The topological polar surface area (TPSA) is 26.3 Å². The van der Waals surface area contributed by atoms with Gasteiger partial charge in [-0.2, -0.15) is 0 Å². The van der Waals surface area contributed by atoms with Gasteiger partial charge in [0.15, 0.2) is 11.6 Å². The van der Waals surface area contributed by atoms with Gasteiger partial charge in [-0.1, -0.05) is 0 Å². The van der Waals surface area contributed by atoms with E-state index in [1.54, 1.807) is 0 Å². The molecule has 76 valence electrons. The molecular formula is C9H7BrF2O2. The first kappa shape index (κ1) is 11.1. The number of carbonyl (C=O) groups excluding carboxylic acids is 1. The van der Waals surface area contributed by atoms with E-state index in [4.69, 9.17) is 4.74 Å². The molecule has 0 N–H and O–H groups in total. The quantitative estimate of drug-likeness (QED) is 0.618. The Morgan fingerprint density at radius 1 is 1.43 bits per heavy atom. The zero-order chi connectivity index (χ0) is 10.6. The van der Waals surface area contributed by atoms with E-state index in [2.05, 4.69) is 15.9 Å². The molecule has 0 unspecified atom stereocenters. The van der Waals surface area contributed by atoms with Gasteiger partial charge in [0, 0.05) is 12.5 Å². The molecule has 0 aliphatic carbocycles. The Morgan fingerprint density at radius 3 is 2.71 bits per heavy atom. The third-order valence-electron chi connectivity index (χ3n) is 1.45. The van der Waals surface area contributed by atoms with Crippen molar-refractivity contribution >= 4 is 22.2 Å². The number of carbonyl (C=O) groups is 1. The summed E-state index contributed by atoms with van der Waals surface area (Å²) in [6, 6.07) is 1.82. The van der Waals surface area contributed by atoms with Crippen molar-refractivity contribution in [2.24, 2.45) is 0 Å². The van der Waals surface area contributed by atoms with Crippen LogP contribution < -0.4 is 4.74 Å². The third kappa shape index (κ3) is 2.77. The summed E-state index contributed by atoms with van der Waals surface area (Å²) in [4.78, 5) is 9.97. The third-order valence-corrected chi connectivity index (χ3v) is 2.03. The summed E-state index contributed by atoms with van der Waals surface area (Å²) in [5.74, 6) is -1.55. The van der Waals surface area contributed by atoms with E-state index in [9.17, 15) is 13.6 Å². The lowest BCUT2D eigenvalue weighted by atomic mass is 10.3. The fourth-order valence-corrected chi connectivity index (χ4v) is 1.40.